The number of fused-ring (bicyclic) bond motifs is 1. The van der Waals surface area contributed by atoms with E-state index in [2.05, 4.69) is 48.5 Å². The largest absolute Gasteiger partial charge is 0.492 e. The van der Waals surface area contributed by atoms with E-state index in [1.165, 1.54) is 5.56 Å². The number of carbonyl (C=O) groups is 1. The number of rotatable bonds is 9. The summed E-state index contributed by atoms with van der Waals surface area (Å²) >= 11 is 0. The molecular formula is C24H29N3O2. The summed E-state index contributed by atoms with van der Waals surface area (Å²) < 4.78 is 8.13. The normalized spacial score (nSPS) is 11.0. The Labute approximate surface area is 172 Å². The Morgan fingerprint density at radius 3 is 2.59 bits per heavy atom. The Hall–Kier alpha value is -3.08. The van der Waals surface area contributed by atoms with Crippen LogP contribution in [-0.4, -0.2) is 28.6 Å². The monoisotopic (exact) mass is 391 g/mol. The topological polar surface area (TPSA) is 56.2 Å². The van der Waals surface area contributed by atoms with Crippen molar-refractivity contribution in [2.24, 2.45) is 0 Å². The minimum absolute atomic E-state index is 0.124. The Morgan fingerprint density at radius 1 is 1.17 bits per heavy atom. The van der Waals surface area contributed by atoms with Crippen LogP contribution in [0.3, 0.4) is 0 Å². The van der Waals surface area contributed by atoms with Gasteiger partial charge in [-0.1, -0.05) is 44.7 Å². The van der Waals surface area contributed by atoms with Crippen LogP contribution in [0.1, 0.15) is 38.1 Å². The number of nitrogens with one attached hydrogen (secondary N) is 1. The van der Waals surface area contributed by atoms with Gasteiger partial charge in [-0.25, -0.2) is 4.98 Å². The Bertz CT molecular complexity index is 987. The lowest BCUT2D eigenvalue weighted by Crippen LogP contribution is -2.27. The highest BCUT2D eigenvalue weighted by molar-refractivity contribution is 5.92. The zero-order chi connectivity index (χ0) is 20.8. The smallest absolute Gasteiger partial charge is 0.246 e. The van der Waals surface area contributed by atoms with Crippen LogP contribution in [0.25, 0.3) is 11.0 Å². The van der Waals surface area contributed by atoms with Crippen molar-refractivity contribution in [1.82, 2.24) is 14.9 Å². The number of nitrogens with zero attached hydrogens (tertiary/aromatic N) is 2. The number of aromatic nitrogens is 2. The van der Waals surface area contributed by atoms with Gasteiger partial charge in [0.2, 0.25) is 5.91 Å². The molecule has 1 N–H and O–H groups in total. The molecule has 29 heavy (non-hydrogen) atoms. The quantitative estimate of drug-likeness (QED) is 0.548. The van der Waals surface area contributed by atoms with Gasteiger partial charge in [0.25, 0.3) is 0 Å². The second kappa shape index (κ2) is 9.41. The van der Waals surface area contributed by atoms with E-state index in [-0.39, 0.29) is 5.91 Å². The zero-order valence-electron chi connectivity index (χ0n) is 17.4. The minimum Gasteiger partial charge on any atom is -0.492 e. The highest BCUT2D eigenvalue weighted by Crippen LogP contribution is 2.20. The van der Waals surface area contributed by atoms with Crippen LogP contribution in [0.2, 0.25) is 0 Å². The molecular weight excluding hydrogens is 362 g/mol. The van der Waals surface area contributed by atoms with Crippen LogP contribution in [-0.2, 0) is 17.8 Å². The number of benzene rings is 2. The molecule has 152 valence electrons. The maximum atomic E-state index is 11.7. The van der Waals surface area contributed by atoms with Gasteiger partial charge in [-0.2, -0.15) is 0 Å². The third-order valence-corrected chi connectivity index (χ3v) is 4.89. The third kappa shape index (κ3) is 5.25. The summed E-state index contributed by atoms with van der Waals surface area (Å²) in [5.41, 5.74) is 3.84. The van der Waals surface area contributed by atoms with Crippen LogP contribution in [0.4, 0.5) is 0 Å². The molecule has 0 aliphatic carbocycles. The van der Waals surface area contributed by atoms with Gasteiger partial charge in [-0.15, -0.1) is 0 Å². The fraction of sp³-hybridized carbons (Fsp3) is 0.333. The van der Waals surface area contributed by atoms with Gasteiger partial charge < -0.3 is 14.6 Å². The fourth-order valence-corrected chi connectivity index (χ4v) is 3.21. The van der Waals surface area contributed by atoms with Gasteiger partial charge in [0.05, 0.1) is 17.6 Å². The van der Waals surface area contributed by atoms with Crippen LogP contribution in [0.15, 0.2) is 60.7 Å². The highest BCUT2D eigenvalue weighted by Gasteiger charge is 2.11. The molecule has 0 atom stereocenters. The number of amides is 1. The second-order valence-electron chi connectivity index (χ2n) is 7.53. The fourth-order valence-electron chi connectivity index (χ4n) is 3.21. The van der Waals surface area contributed by atoms with Crippen LogP contribution < -0.4 is 10.1 Å². The lowest BCUT2D eigenvalue weighted by Gasteiger charge is -2.12. The van der Waals surface area contributed by atoms with Gasteiger partial charge in [0.15, 0.2) is 0 Å². The summed E-state index contributed by atoms with van der Waals surface area (Å²) in [5, 5.41) is 2.88. The number of para-hydroxylation sites is 2. The van der Waals surface area contributed by atoms with Crippen molar-refractivity contribution >= 4 is 16.9 Å². The number of imidazole rings is 1. The van der Waals surface area contributed by atoms with E-state index in [1.807, 2.05) is 30.3 Å². The molecule has 5 nitrogen and oxygen atoms in total. The summed E-state index contributed by atoms with van der Waals surface area (Å²) in [6.07, 6.45) is 0.650. The number of carbonyl (C=O) groups excluding carboxylic acids is 1. The zero-order valence-corrected chi connectivity index (χ0v) is 17.4. The standard InChI is InChI=1S/C24H29N3O2/c1-17(2)19-9-11-20(12-10-19)29-16-15-27-22-8-6-5-7-21(22)26-23(27)13-14-25-24(28)18(3)4/h5-12,17H,3,13-16H2,1-2,4H3,(H,25,28). The summed E-state index contributed by atoms with van der Waals surface area (Å²) in [5.74, 6) is 2.19. The van der Waals surface area contributed by atoms with Gasteiger partial charge in [0, 0.05) is 18.5 Å². The van der Waals surface area contributed by atoms with E-state index in [1.54, 1.807) is 6.92 Å². The maximum Gasteiger partial charge on any atom is 0.246 e. The van der Waals surface area contributed by atoms with Crippen molar-refractivity contribution in [3.8, 4) is 5.75 Å². The second-order valence-corrected chi connectivity index (χ2v) is 7.53. The molecule has 2 aromatic carbocycles. The molecule has 3 rings (SSSR count). The van der Waals surface area contributed by atoms with Crippen molar-refractivity contribution in [3.05, 3.63) is 72.1 Å². The van der Waals surface area contributed by atoms with Crippen molar-refractivity contribution in [1.29, 1.82) is 0 Å². The van der Waals surface area contributed by atoms with E-state index >= 15 is 0 Å². The van der Waals surface area contributed by atoms with E-state index in [0.717, 1.165) is 22.6 Å². The summed E-state index contributed by atoms with van der Waals surface area (Å²) in [7, 11) is 0. The molecule has 0 unspecified atom stereocenters. The number of hydrogen-bond acceptors (Lipinski definition) is 3. The number of hydrogen-bond donors (Lipinski definition) is 1. The minimum atomic E-state index is -0.124. The molecule has 0 radical (unpaired) electrons. The van der Waals surface area contributed by atoms with E-state index in [0.29, 0.717) is 37.6 Å². The van der Waals surface area contributed by atoms with Gasteiger partial charge >= 0.3 is 0 Å². The molecule has 0 aliphatic rings. The van der Waals surface area contributed by atoms with Crippen molar-refractivity contribution < 1.29 is 9.53 Å². The molecule has 0 aliphatic heterocycles. The molecule has 0 bridgehead atoms. The average molecular weight is 392 g/mol. The Morgan fingerprint density at radius 2 is 1.90 bits per heavy atom. The first-order valence-corrected chi connectivity index (χ1v) is 10.1. The predicted molar refractivity (Wildman–Crippen MR) is 117 cm³/mol. The van der Waals surface area contributed by atoms with Crippen LogP contribution >= 0.6 is 0 Å². The van der Waals surface area contributed by atoms with Gasteiger partial charge in [-0.3, -0.25) is 4.79 Å². The Kier molecular flexibility index (Phi) is 6.70. The maximum absolute atomic E-state index is 11.7. The first-order chi connectivity index (χ1) is 14.0. The predicted octanol–water partition coefficient (Wildman–Crippen LogP) is 4.47. The van der Waals surface area contributed by atoms with E-state index < -0.39 is 0 Å². The lowest BCUT2D eigenvalue weighted by molar-refractivity contribution is -0.117. The SMILES string of the molecule is C=C(C)C(=O)NCCc1nc2ccccc2n1CCOc1ccc(C(C)C)cc1. The summed E-state index contributed by atoms with van der Waals surface area (Å²) in [6, 6.07) is 16.3. The molecule has 1 amide bonds. The number of ether oxygens (including phenoxy) is 1. The molecule has 5 heteroatoms. The van der Waals surface area contributed by atoms with Crippen LogP contribution in [0.5, 0.6) is 5.75 Å². The Balaban J connectivity index is 1.66. The first kappa shape index (κ1) is 20.6. The van der Waals surface area contributed by atoms with Gasteiger partial charge in [-0.05, 0) is 42.7 Å². The molecule has 3 aromatic rings. The lowest BCUT2D eigenvalue weighted by atomic mass is 10.0. The summed E-state index contributed by atoms with van der Waals surface area (Å²) in [4.78, 5) is 16.5. The molecule has 1 heterocycles. The molecule has 1 aromatic heterocycles. The molecule has 0 saturated heterocycles. The third-order valence-electron chi connectivity index (χ3n) is 4.89. The van der Waals surface area contributed by atoms with Crippen molar-refractivity contribution in [2.45, 2.75) is 39.7 Å². The molecule has 0 saturated carbocycles. The van der Waals surface area contributed by atoms with E-state index in [9.17, 15) is 4.79 Å². The van der Waals surface area contributed by atoms with Crippen LogP contribution in [0, 0.1) is 0 Å². The molecule has 0 fully saturated rings. The molecule has 0 spiro atoms. The first-order valence-electron chi connectivity index (χ1n) is 10.1. The average Bonchev–Trinajstić information content (AvgIpc) is 3.06. The van der Waals surface area contributed by atoms with Crippen molar-refractivity contribution in [2.75, 3.05) is 13.2 Å². The highest BCUT2D eigenvalue weighted by atomic mass is 16.5. The summed E-state index contributed by atoms with van der Waals surface area (Å²) in [6.45, 7) is 11.5. The van der Waals surface area contributed by atoms with E-state index in [4.69, 9.17) is 9.72 Å². The van der Waals surface area contributed by atoms with Gasteiger partial charge in [0.1, 0.15) is 18.2 Å². The van der Waals surface area contributed by atoms with Crippen molar-refractivity contribution in [3.63, 3.8) is 0 Å².